The van der Waals surface area contributed by atoms with E-state index in [0.29, 0.717) is 12.1 Å². The summed E-state index contributed by atoms with van der Waals surface area (Å²) in [5.74, 6) is -0.333. The third-order valence-corrected chi connectivity index (χ3v) is 6.67. The Morgan fingerprint density at radius 3 is 2.24 bits per heavy atom. The molecule has 1 fully saturated rings. The van der Waals surface area contributed by atoms with Gasteiger partial charge in [-0.2, -0.15) is 4.31 Å². The normalized spacial score (nSPS) is 16.1. The summed E-state index contributed by atoms with van der Waals surface area (Å²) in [6.45, 7) is 3.45. The molecule has 7 heteroatoms. The van der Waals surface area contributed by atoms with Crippen molar-refractivity contribution in [3.8, 4) is 0 Å². The average Bonchev–Trinajstić information content (AvgIpc) is 3.21. The molecule has 1 aliphatic rings. The van der Waals surface area contributed by atoms with Crippen molar-refractivity contribution in [2.75, 3.05) is 26.4 Å². The van der Waals surface area contributed by atoms with Gasteiger partial charge in [0.2, 0.25) is 15.9 Å². The van der Waals surface area contributed by atoms with E-state index in [4.69, 9.17) is 0 Å². The maximum absolute atomic E-state index is 13.0. The summed E-state index contributed by atoms with van der Waals surface area (Å²) in [5, 5.41) is 2.95. The van der Waals surface area contributed by atoms with E-state index in [0.717, 1.165) is 35.8 Å². The summed E-state index contributed by atoms with van der Waals surface area (Å²) >= 11 is 0. The van der Waals surface area contributed by atoms with Gasteiger partial charge in [-0.25, -0.2) is 8.42 Å². The quantitative estimate of drug-likeness (QED) is 0.719. The van der Waals surface area contributed by atoms with Crippen molar-refractivity contribution in [3.05, 3.63) is 71.3 Å². The second-order valence-electron chi connectivity index (χ2n) is 7.56. The number of likely N-dealkylation sites (tertiary alicyclic amines) is 1. The number of hydrogen-bond acceptors (Lipinski definition) is 4. The second kappa shape index (κ2) is 9.52. The number of carbonyl (C=O) groups excluding carboxylic acids is 1. The fourth-order valence-electron chi connectivity index (χ4n) is 3.70. The Kier molecular flexibility index (Phi) is 7.05. The molecule has 29 heavy (non-hydrogen) atoms. The Morgan fingerprint density at radius 2 is 1.62 bits per heavy atom. The molecule has 0 saturated carbocycles. The van der Waals surface area contributed by atoms with Gasteiger partial charge in [0, 0.05) is 20.1 Å². The molecule has 1 aliphatic heterocycles. The molecule has 3 rings (SSSR count). The zero-order valence-electron chi connectivity index (χ0n) is 17.0. The van der Waals surface area contributed by atoms with Crippen molar-refractivity contribution in [2.45, 2.75) is 32.0 Å². The van der Waals surface area contributed by atoms with E-state index in [2.05, 4.69) is 16.3 Å². The van der Waals surface area contributed by atoms with E-state index in [1.807, 2.05) is 24.3 Å². The zero-order valence-corrected chi connectivity index (χ0v) is 17.9. The Hall–Kier alpha value is -2.22. The van der Waals surface area contributed by atoms with E-state index in [1.54, 1.807) is 24.3 Å². The number of carbonyl (C=O) groups is 1. The minimum atomic E-state index is -3.54. The van der Waals surface area contributed by atoms with Gasteiger partial charge in [-0.05, 0) is 42.6 Å². The molecule has 1 amide bonds. The van der Waals surface area contributed by atoms with Crippen molar-refractivity contribution >= 4 is 15.9 Å². The predicted molar refractivity (Wildman–Crippen MR) is 115 cm³/mol. The van der Waals surface area contributed by atoms with Gasteiger partial charge in [-0.3, -0.25) is 9.69 Å². The molecule has 6 nitrogen and oxygen atoms in total. The Balaban J connectivity index is 1.75. The second-order valence-corrected chi connectivity index (χ2v) is 9.60. The number of nitrogens with one attached hydrogen (secondary N) is 1. The van der Waals surface area contributed by atoms with Crippen LogP contribution in [0.15, 0.2) is 54.6 Å². The molecule has 2 aromatic carbocycles. The van der Waals surface area contributed by atoms with Crippen LogP contribution in [-0.2, 0) is 27.9 Å². The molecule has 0 radical (unpaired) electrons. The lowest BCUT2D eigenvalue weighted by molar-refractivity contribution is -0.125. The molecular weight excluding hydrogens is 386 g/mol. The molecule has 0 spiro atoms. The van der Waals surface area contributed by atoms with Crippen LogP contribution in [-0.4, -0.2) is 49.9 Å². The number of sulfonamides is 1. The monoisotopic (exact) mass is 415 g/mol. The number of rotatable bonds is 8. The lowest BCUT2D eigenvalue weighted by atomic mass is 10.0. The molecule has 156 valence electrons. The third kappa shape index (κ3) is 5.65. The summed E-state index contributed by atoms with van der Waals surface area (Å²) in [6.07, 6.45) is 3.58. The Bertz CT molecular complexity index is 925. The molecule has 1 saturated heterocycles. The van der Waals surface area contributed by atoms with Gasteiger partial charge in [-0.15, -0.1) is 0 Å². The van der Waals surface area contributed by atoms with Crippen molar-refractivity contribution in [3.63, 3.8) is 0 Å². The molecule has 1 heterocycles. The fraction of sp³-hybridized carbons (Fsp3) is 0.409. The number of likely N-dealkylation sites (N-methyl/N-ethyl adjacent to an activating group) is 1. The van der Waals surface area contributed by atoms with Crippen LogP contribution in [0.1, 0.15) is 35.6 Å². The van der Waals surface area contributed by atoms with Gasteiger partial charge in [0.15, 0.2) is 0 Å². The van der Waals surface area contributed by atoms with Crippen LogP contribution in [0.25, 0.3) is 0 Å². The number of amides is 1. The third-order valence-electron chi connectivity index (χ3n) is 5.41. The molecule has 1 unspecified atom stereocenters. The van der Waals surface area contributed by atoms with Crippen LogP contribution in [0.2, 0.25) is 0 Å². The summed E-state index contributed by atoms with van der Waals surface area (Å²) in [7, 11) is -2.10. The smallest absolute Gasteiger partial charge is 0.243 e. The molecule has 0 aromatic heterocycles. The number of nitrogens with zero attached hydrogens (tertiary/aromatic N) is 2. The van der Waals surface area contributed by atoms with E-state index in [1.165, 1.54) is 25.5 Å². The maximum atomic E-state index is 13.0. The minimum Gasteiger partial charge on any atom is -0.350 e. The number of hydrogen-bond donors (Lipinski definition) is 1. The van der Waals surface area contributed by atoms with E-state index in [-0.39, 0.29) is 5.91 Å². The highest BCUT2D eigenvalue weighted by atomic mass is 32.2. The first kappa shape index (κ1) is 21.5. The zero-order chi connectivity index (χ0) is 20.9. The van der Waals surface area contributed by atoms with E-state index >= 15 is 0 Å². The van der Waals surface area contributed by atoms with Crippen molar-refractivity contribution < 1.29 is 13.2 Å². The van der Waals surface area contributed by atoms with Gasteiger partial charge >= 0.3 is 0 Å². The minimum absolute atomic E-state index is 0.333. The van der Waals surface area contributed by atoms with Gasteiger partial charge < -0.3 is 5.32 Å². The highest BCUT2D eigenvalue weighted by Gasteiger charge is 2.30. The van der Waals surface area contributed by atoms with Gasteiger partial charge in [-0.1, -0.05) is 54.6 Å². The maximum Gasteiger partial charge on any atom is 0.243 e. The summed E-state index contributed by atoms with van der Waals surface area (Å²) in [4.78, 5) is 15.5. The predicted octanol–water partition coefficient (Wildman–Crippen LogP) is 2.53. The Labute approximate surface area is 173 Å². The topological polar surface area (TPSA) is 69.7 Å². The van der Waals surface area contributed by atoms with E-state index < -0.39 is 16.1 Å². The molecule has 1 atom stereocenters. The van der Waals surface area contributed by atoms with Gasteiger partial charge in [0.05, 0.1) is 6.26 Å². The fourth-order valence-corrected chi connectivity index (χ4v) is 4.30. The van der Waals surface area contributed by atoms with Crippen LogP contribution in [0.5, 0.6) is 0 Å². The average molecular weight is 416 g/mol. The Morgan fingerprint density at radius 1 is 1.03 bits per heavy atom. The molecule has 0 bridgehead atoms. The largest absolute Gasteiger partial charge is 0.350 e. The van der Waals surface area contributed by atoms with E-state index in [9.17, 15) is 13.2 Å². The lowest BCUT2D eigenvalue weighted by Gasteiger charge is -2.26. The summed E-state index contributed by atoms with van der Waals surface area (Å²) in [6, 6.07) is 16.2. The first-order valence-corrected chi connectivity index (χ1v) is 11.8. The van der Waals surface area contributed by atoms with Crippen LogP contribution < -0.4 is 5.32 Å². The summed E-state index contributed by atoms with van der Waals surface area (Å²) < 4.78 is 25.3. The van der Waals surface area contributed by atoms with Crippen LogP contribution in [0.3, 0.4) is 0 Å². The molecule has 1 N–H and O–H groups in total. The van der Waals surface area contributed by atoms with Crippen molar-refractivity contribution in [2.24, 2.45) is 0 Å². The molecule has 2 aromatic rings. The van der Waals surface area contributed by atoms with Crippen molar-refractivity contribution in [1.29, 1.82) is 0 Å². The van der Waals surface area contributed by atoms with Crippen molar-refractivity contribution in [1.82, 2.24) is 14.5 Å². The molecule has 0 aliphatic carbocycles. The SMILES string of the molecule is CN(C(C(=O)NCc1ccccc1CN1CCCC1)c1ccccc1)S(C)(=O)=O. The number of benzene rings is 2. The first-order chi connectivity index (χ1) is 13.9. The van der Waals surface area contributed by atoms with Gasteiger partial charge in [0.1, 0.15) is 6.04 Å². The van der Waals surface area contributed by atoms with Crippen LogP contribution >= 0.6 is 0 Å². The first-order valence-electron chi connectivity index (χ1n) is 9.91. The van der Waals surface area contributed by atoms with Gasteiger partial charge in [0.25, 0.3) is 0 Å². The van der Waals surface area contributed by atoms with Crippen LogP contribution in [0.4, 0.5) is 0 Å². The summed E-state index contributed by atoms with van der Waals surface area (Å²) in [5.41, 5.74) is 2.90. The highest BCUT2D eigenvalue weighted by Crippen LogP contribution is 2.22. The van der Waals surface area contributed by atoms with Crippen LogP contribution in [0, 0.1) is 0 Å². The highest BCUT2D eigenvalue weighted by molar-refractivity contribution is 7.88. The standard InChI is InChI=1S/C22H29N3O3S/c1-24(29(2,27)28)21(18-10-4-3-5-11-18)22(26)23-16-19-12-6-7-13-20(19)17-25-14-8-9-15-25/h3-7,10-13,21H,8-9,14-17H2,1-2H3,(H,23,26). The molecular formula is C22H29N3O3S. The lowest BCUT2D eigenvalue weighted by Crippen LogP contribution is -2.41.